The lowest BCUT2D eigenvalue weighted by Crippen LogP contribution is -2.46. The van der Waals surface area contributed by atoms with Crippen LogP contribution in [0, 0.1) is 5.82 Å². The summed E-state index contributed by atoms with van der Waals surface area (Å²) in [5.41, 5.74) is 8.82. The average molecular weight is 365 g/mol. The van der Waals surface area contributed by atoms with Crippen molar-refractivity contribution in [2.75, 3.05) is 13.1 Å². The van der Waals surface area contributed by atoms with Gasteiger partial charge in [0.25, 0.3) is 5.91 Å². The molecule has 25 heavy (non-hydrogen) atoms. The molecule has 1 amide bonds. The first-order valence-electron chi connectivity index (χ1n) is 8.55. The van der Waals surface area contributed by atoms with Crippen LogP contribution in [0.5, 0.6) is 0 Å². The second-order valence-corrected chi connectivity index (χ2v) is 6.64. The molecule has 5 nitrogen and oxygen atoms in total. The number of likely N-dealkylation sites (tertiary alicyclic amines) is 1. The molecule has 1 fully saturated rings. The van der Waals surface area contributed by atoms with Crippen LogP contribution in [0.25, 0.3) is 5.69 Å². The number of nitrogens with zero attached hydrogens (tertiary/aromatic N) is 3. The van der Waals surface area contributed by atoms with Crippen molar-refractivity contribution in [1.29, 1.82) is 0 Å². The molecule has 1 aliphatic heterocycles. The molecule has 2 heterocycles. The SMILES string of the molecule is Cl.NC1CCCN(C(=O)c2nn(-c3ccccc3F)c3c2CCC3)C1. The number of piperidine rings is 1. The Morgan fingerprint density at radius 1 is 1.24 bits per heavy atom. The van der Waals surface area contributed by atoms with Crippen molar-refractivity contribution in [2.45, 2.75) is 38.1 Å². The summed E-state index contributed by atoms with van der Waals surface area (Å²) in [6, 6.07) is 6.59. The van der Waals surface area contributed by atoms with E-state index in [0.717, 1.165) is 43.4 Å². The lowest BCUT2D eigenvalue weighted by molar-refractivity contribution is 0.0701. The van der Waals surface area contributed by atoms with E-state index in [4.69, 9.17) is 5.73 Å². The number of fused-ring (bicyclic) bond motifs is 1. The van der Waals surface area contributed by atoms with Gasteiger partial charge in [-0.3, -0.25) is 4.79 Å². The Balaban J connectivity index is 0.00000182. The van der Waals surface area contributed by atoms with Crippen molar-refractivity contribution in [3.05, 3.63) is 47.0 Å². The van der Waals surface area contributed by atoms with Gasteiger partial charge in [-0.2, -0.15) is 5.10 Å². The number of para-hydroxylation sites is 1. The Morgan fingerprint density at radius 3 is 2.80 bits per heavy atom. The van der Waals surface area contributed by atoms with Crippen molar-refractivity contribution in [3.63, 3.8) is 0 Å². The van der Waals surface area contributed by atoms with Gasteiger partial charge in [0.05, 0.1) is 0 Å². The van der Waals surface area contributed by atoms with Crippen molar-refractivity contribution in [3.8, 4) is 5.69 Å². The molecule has 0 saturated carbocycles. The smallest absolute Gasteiger partial charge is 0.274 e. The van der Waals surface area contributed by atoms with Crippen LogP contribution in [-0.4, -0.2) is 39.7 Å². The van der Waals surface area contributed by atoms with Crippen LogP contribution in [0.3, 0.4) is 0 Å². The number of amides is 1. The first-order valence-corrected chi connectivity index (χ1v) is 8.55. The first kappa shape index (κ1) is 17.9. The van der Waals surface area contributed by atoms with Gasteiger partial charge in [0.1, 0.15) is 11.5 Å². The summed E-state index contributed by atoms with van der Waals surface area (Å²) in [6.07, 6.45) is 4.49. The highest BCUT2D eigenvalue weighted by molar-refractivity contribution is 5.94. The van der Waals surface area contributed by atoms with Crippen molar-refractivity contribution < 1.29 is 9.18 Å². The third-order valence-corrected chi connectivity index (χ3v) is 4.96. The molecule has 1 atom stereocenters. The summed E-state index contributed by atoms with van der Waals surface area (Å²) in [7, 11) is 0. The van der Waals surface area contributed by atoms with Crippen LogP contribution < -0.4 is 5.73 Å². The largest absolute Gasteiger partial charge is 0.336 e. The second-order valence-electron chi connectivity index (χ2n) is 6.64. The maximum atomic E-state index is 14.2. The number of halogens is 2. The van der Waals surface area contributed by atoms with Gasteiger partial charge in [0, 0.05) is 30.4 Å². The minimum atomic E-state index is -0.325. The molecule has 2 aromatic rings. The summed E-state index contributed by atoms with van der Waals surface area (Å²) >= 11 is 0. The Labute approximate surface area is 152 Å². The highest BCUT2D eigenvalue weighted by Crippen LogP contribution is 2.29. The highest BCUT2D eigenvalue weighted by atomic mass is 35.5. The zero-order valence-electron chi connectivity index (χ0n) is 13.9. The molecule has 1 saturated heterocycles. The Morgan fingerprint density at radius 2 is 2.04 bits per heavy atom. The maximum Gasteiger partial charge on any atom is 0.274 e. The third kappa shape index (κ3) is 3.16. The molecule has 0 bridgehead atoms. The molecule has 134 valence electrons. The molecular formula is C18H22ClFN4O. The normalized spacial score (nSPS) is 19.4. The van der Waals surface area contributed by atoms with E-state index in [9.17, 15) is 9.18 Å². The van der Waals surface area contributed by atoms with Gasteiger partial charge in [0.2, 0.25) is 0 Å². The van der Waals surface area contributed by atoms with Gasteiger partial charge in [-0.1, -0.05) is 12.1 Å². The standard InChI is InChI=1S/C18H21FN4O.ClH/c19-14-7-1-2-8-16(14)23-15-9-3-6-13(15)17(21-23)18(24)22-10-4-5-12(20)11-22;/h1-2,7-8,12H,3-6,9-11,20H2;1H. The predicted molar refractivity (Wildman–Crippen MR) is 95.9 cm³/mol. The van der Waals surface area contributed by atoms with E-state index in [0.29, 0.717) is 24.5 Å². The summed E-state index contributed by atoms with van der Waals surface area (Å²) in [5, 5.41) is 4.51. The fourth-order valence-corrected chi connectivity index (χ4v) is 3.78. The van der Waals surface area contributed by atoms with Gasteiger partial charge in [-0.05, 0) is 44.2 Å². The molecule has 1 aromatic heterocycles. The molecule has 7 heteroatoms. The summed E-state index contributed by atoms with van der Waals surface area (Å²) < 4.78 is 15.8. The van der Waals surface area contributed by atoms with E-state index < -0.39 is 0 Å². The number of rotatable bonds is 2. The minimum absolute atomic E-state index is 0. The average Bonchev–Trinajstić information content (AvgIpc) is 3.17. The summed E-state index contributed by atoms with van der Waals surface area (Å²) in [4.78, 5) is 14.7. The fraction of sp³-hybridized carbons (Fsp3) is 0.444. The molecule has 4 rings (SSSR count). The number of nitrogens with two attached hydrogens (primary N) is 1. The maximum absolute atomic E-state index is 14.2. The number of hydrogen-bond donors (Lipinski definition) is 1. The molecular weight excluding hydrogens is 343 g/mol. The molecule has 0 spiro atoms. The predicted octanol–water partition coefficient (Wildman–Crippen LogP) is 2.49. The Bertz CT molecular complexity index is 791. The number of aromatic nitrogens is 2. The monoisotopic (exact) mass is 364 g/mol. The Kier molecular flexibility index (Phi) is 5.11. The lowest BCUT2D eigenvalue weighted by atomic mass is 10.1. The van der Waals surface area contributed by atoms with Crippen LogP contribution in [0.1, 0.15) is 41.0 Å². The van der Waals surface area contributed by atoms with Gasteiger partial charge >= 0.3 is 0 Å². The van der Waals surface area contributed by atoms with E-state index in [2.05, 4.69) is 5.10 Å². The van der Waals surface area contributed by atoms with Crippen LogP contribution >= 0.6 is 12.4 Å². The van der Waals surface area contributed by atoms with Crippen LogP contribution in [0.15, 0.2) is 24.3 Å². The molecule has 0 radical (unpaired) electrons. The third-order valence-electron chi connectivity index (χ3n) is 4.96. The van der Waals surface area contributed by atoms with E-state index in [1.165, 1.54) is 6.07 Å². The number of carbonyl (C=O) groups is 1. The molecule has 1 unspecified atom stereocenters. The van der Waals surface area contributed by atoms with Crippen molar-refractivity contribution >= 4 is 18.3 Å². The zero-order chi connectivity index (χ0) is 16.7. The minimum Gasteiger partial charge on any atom is -0.336 e. The van der Waals surface area contributed by atoms with E-state index in [-0.39, 0.29) is 30.2 Å². The fourth-order valence-electron chi connectivity index (χ4n) is 3.78. The van der Waals surface area contributed by atoms with Gasteiger partial charge < -0.3 is 10.6 Å². The molecule has 2 aliphatic rings. The molecule has 1 aliphatic carbocycles. The van der Waals surface area contributed by atoms with Crippen molar-refractivity contribution in [1.82, 2.24) is 14.7 Å². The number of carbonyl (C=O) groups excluding carboxylic acids is 1. The second kappa shape index (κ2) is 7.14. The molecule has 2 N–H and O–H groups in total. The Hall–Kier alpha value is -1.92. The van der Waals surface area contributed by atoms with E-state index in [1.54, 1.807) is 27.8 Å². The van der Waals surface area contributed by atoms with Gasteiger partial charge in [-0.25, -0.2) is 9.07 Å². The lowest BCUT2D eigenvalue weighted by Gasteiger charge is -2.30. The summed E-state index contributed by atoms with van der Waals surface area (Å²) in [5.74, 6) is -0.396. The summed E-state index contributed by atoms with van der Waals surface area (Å²) in [6.45, 7) is 1.29. The van der Waals surface area contributed by atoms with E-state index >= 15 is 0 Å². The molecule has 1 aromatic carbocycles. The quantitative estimate of drug-likeness (QED) is 0.890. The van der Waals surface area contributed by atoms with Crippen LogP contribution in [0.4, 0.5) is 4.39 Å². The van der Waals surface area contributed by atoms with Gasteiger partial charge in [-0.15, -0.1) is 12.4 Å². The zero-order valence-corrected chi connectivity index (χ0v) is 14.8. The number of hydrogen-bond acceptors (Lipinski definition) is 3. The highest BCUT2D eigenvalue weighted by Gasteiger charge is 2.31. The van der Waals surface area contributed by atoms with Crippen LogP contribution in [0.2, 0.25) is 0 Å². The topological polar surface area (TPSA) is 64.2 Å². The van der Waals surface area contributed by atoms with Crippen molar-refractivity contribution in [2.24, 2.45) is 5.73 Å². The van der Waals surface area contributed by atoms with Gasteiger partial charge in [0.15, 0.2) is 5.69 Å². The first-order chi connectivity index (χ1) is 11.6. The van der Waals surface area contributed by atoms with Crippen LogP contribution in [-0.2, 0) is 12.8 Å². The van der Waals surface area contributed by atoms with E-state index in [1.807, 2.05) is 0 Å². The number of benzene rings is 1.